The molecule has 0 saturated carbocycles. The SMILES string of the molecule is CC(C(=O)Nc1ccc(F)cc1F)N1CCNCC1. The first kappa shape index (κ1) is 13.9. The molecule has 1 atom stereocenters. The van der Waals surface area contributed by atoms with E-state index < -0.39 is 11.6 Å². The van der Waals surface area contributed by atoms with Crippen molar-refractivity contribution in [2.24, 2.45) is 0 Å². The molecule has 1 aliphatic rings. The maximum Gasteiger partial charge on any atom is 0.241 e. The summed E-state index contributed by atoms with van der Waals surface area (Å²) in [6.45, 7) is 5.01. The van der Waals surface area contributed by atoms with Crippen LogP contribution in [-0.2, 0) is 4.79 Å². The quantitative estimate of drug-likeness (QED) is 0.866. The number of anilines is 1. The smallest absolute Gasteiger partial charge is 0.241 e. The van der Waals surface area contributed by atoms with Gasteiger partial charge in [0.2, 0.25) is 5.91 Å². The molecule has 0 bridgehead atoms. The summed E-state index contributed by atoms with van der Waals surface area (Å²) >= 11 is 0. The predicted octanol–water partition coefficient (Wildman–Crippen LogP) is 1.20. The Hall–Kier alpha value is -1.53. The van der Waals surface area contributed by atoms with E-state index in [9.17, 15) is 13.6 Å². The van der Waals surface area contributed by atoms with Gasteiger partial charge in [-0.1, -0.05) is 0 Å². The minimum Gasteiger partial charge on any atom is -0.322 e. The average Bonchev–Trinajstić information content (AvgIpc) is 2.42. The van der Waals surface area contributed by atoms with Gasteiger partial charge in [0.1, 0.15) is 11.6 Å². The number of carbonyl (C=O) groups excluding carboxylic acids is 1. The standard InChI is InChI=1S/C13H17F2N3O/c1-9(18-6-4-16-5-7-18)13(19)17-12-3-2-10(14)8-11(12)15/h2-3,8-9,16H,4-7H2,1H3,(H,17,19). The number of amides is 1. The number of nitrogens with one attached hydrogen (secondary N) is 2. The van der Waals surface area contributed by atoms with Gasteiger partial charge < -0.3 is 10.6 Å². The Morgan fingerprint density at radius 2 is 2.05 bits per heavy atom. The summed E-state index contributed by atoms with van der Waals surface area (Å²) in [7, 11) is 0. The minimum absolute atomic E-state index is 0.00776. The van der Waals surface area contributed by atoms with Crippen molar-refractivity contribution in [3.63, 3.8) is 0 Å². The van der Waals surface area contributed by atoms with Crippen LogP contribution in [0.15, 0.2) is 18.2 Å². The number of benzene rings is 1. The monoisotopic (exact) mass is 269 g/mol. The van der Waals surface area contributed by atoms with Gasteiger partial charge in [0.25, 0.3) is 0 Å². The van der Waals surface area contributed by atoms with Crippen LogP contribution in [0.3, 0.4) is 0 Å². The molecule has 0 aliphatic carbocycles. The summed E-state index contributed by atoms with van der Waals surface area (Å²) in [6.07, 6.45) is 0. The second kappa shape index (κ2) is 6.08. The fourth-order valence-corrected chi connectivity index (χ4v) is 2.06. The minimum atomic E-state index is -0.763. The number of hydrogen-bond donors (Lipinski definition) is 2. The third kappa shape index (κ3) is 3.48. The van der Waals surface area contributed by atoms with E-state index in [2.05, 4.69) is 10.6 Å². The summed E-state index contributed by atoms with van der Waals surface area (Å²) in [5.41, 5.74) is 0.00776. The van der Waals surface area contributed by atoms with Gasteiger partial charge in [-0.05, 0) is 19.1 Å². The Morgan fingerprint density at radius 3 is 2.68 bits per heavy atom. The van der Waals surface area contributed by atoms with Crippen LogP contribution in [0.2, 0.25) is 0 Å². The topological polar surface area (TPSA) is 44.4 Å². The number of carbonyl (C=O) groups is 1. The lowest BCUT2D eigenvalue weighted by atomic mass is 10.2. The molecule has 1 aliphatic heterocycles. The highest BCUT2D eigenvalue weighted by atomic mass is 19.1. The van der Waals surface area contributed by atoms with E-state index in [1.807, 2.05) is 4.90 Å². The first-order chi connectivity index (χ1) is 9.08. The van der Waals surface area contributed by atoms with Crippen LogP contribution in [0.4, 0.5) is 14.5 Å². The lowest BCUT2D eigenvalue weighted by Crippen LogP contribution is -2.51. The maximum absolute atomic E-state index is 13.4. The summed E-state index contributed by atoms with van der Waals surface area (Å²) < 4.78 is 26.2. The van der Waals surface area contributed by atoms with Crippen LogP contribution in [0.25, 0.3) is 0 Å². The van der Waals surface area contributed by atoms with E-state index in [0.717, 1.165) is 38.3 Å². The van der Waals surface area contributed by atoms with Crippen LogP contribution < -0.4 is 10.6 Å². The molecule has 19 heavy (non-hydrogen) atoms. The molecule has 1 aromatic rings. The molecule has 1 heterocycles. The van der Waals surface area contributed by atoms with Gasteiger partial charge in [-0.25, -0.2) is 8.78 Å². The molecule has 6 heteroatoms. The fourth-order valence-electron chi connectivity index (χ4n) is 2.06. The summed E-state index contributed by atoms with van der Waals surface area (Å²) in [5, 5.41) is 5.69. The van der Waals surface area contributed by atoms with Gasteiger partial charge in [-0.15, -0.1) is 0 Å². The van der Waals surface area contributed by atoms with Crippen LogP contribution in [-0.4, -0.2) is 43.0 Å². The number of rotatable bonds is 3. The van der Waals surface area contributed by atoms with Crippen LogP contribution in [0.1, 0.15) is 6.92 Å². The van der Waals surface area contributed by atoms with Gasteiger partial charge in [0.05, 0.1) is 11.7 Å². The van der Waals surface area contributed by atoms with E-state index in [-0.39, 0.29) is 17.6 Å². The van der Waals surface area contributed by atoms with E-state index >= 15 is 0 Å². The first-order valence-electron chi connectivity index (χ1n) is 6.28. The molecular formula is C13H17F2N3O. The van der Waals surface area contributed by atoms with Crippen molar-refractivity contribution < 1.29 is 13.6 Å². The zero-order chi connectivity index (χ0) is 13.8. The lowest BCUT2D eigenvalue weighted by molar-refractivity contribution is -0.121. The molecular weight excluding hydrogens is 252 g/mol. The molecule has 0 radical (unpaired) electrons. The molecule has 2 rings (SSSR count). The maximum atomic E-state index is 13.4. The summed E-state index contributed by atoms with van der Waals surface area (Å²) in [6, 6.07) is 2.76. The third-order valence-corrected chi connectivity index (χ3v) is 3.27. The summed E-state index contributed by atoms with van der Waals surface area (Å²) in [5.74, 6) is -1.71. The zero-order valence-electron chi connectivity index (χ0n) is 10.7. The normalized spacial score (nSPS) is 18.1. The largest absolute Gasteiger partial charge is 0.322 e. The van der Waals surface area contributed by atoms with E-state index in [4.69, 9.17) is 0 Å². The zero-order valence-corrected chi connectivity index (χ0v) is 10.7. The highest BCUT2D eigenvalue weighted by molar-refractivity contribution is 5.94. The third-order valence-electron chi connectivity index (χ3n) is 3.27. The van der Waals surface area contributed by atoms with Crippen molar-refractivity contribution in [1.29, 1.82) is 0 Å². The number of piperazine rings is 1. The van der Waals surface area contributed by atoms with Gasteiger partial charge in [0.15, 0.2) is 0 Å². The van der Waals surface area contributed by atoms with Crippen molar-refractivity contribution in [2.45, 2.75) is 13.0 Å². The fraction of sp³-hybridized carbons (Fsp3) is 0.462. The molecule has 1 aromatic carbocycles. The molecule has 4 nitrogen and oxygen atoms in total. The molecule has 1 amide bonds. The molecule has 104 valence electrons. The number of hydrogen-bond acceptors (Lipinski definition) is 3. The number of nitrogens with zero attached hydrogens (tertiary/aromatic N) is 1. The highest BCUT2D eigenvalue weighted by Gasteiger charge is 2.23. The Bertz CT molecular complexity index is 461. The van der Waals surface area contributed by atoms with Gasteiger partial charge in [-0.3, -0.25) is 9.69 Å². The van der Waals surface area contributed by atoms with Crippen LogP contribution in [0.5, 0.6) is 0 Å². The van der Waals surface area contributed by atoms with E-state index in [1.54, 1.807) is 6.92 Å². The highest BCUT2D eigenvalue weighted by Crippen LogP contribution is 2.15. The van der Waals surface area contributed by atoms with Crippen molar-refractivity contribution in [3.8, 4) is 0 Å². The molecule has 0 aromatic heterocycles. The van der Waals surface area contributed by atoms with Crippen LogP contribution in [0, 0.1) is 11.6 Å². The van der Waals surface area contributed by atoms with Crippen molar-refractivity contribution in [2.75, 3.05) is 31.5 Å². The average molecular weight is 269 g/mol. The van der Waals surface area contributed by atoms with Gasteiger partial charge in [0, 0.05) is 32.2 Å². The van der Waals surface area contributed by atoms with Crippen molar-refractivity contribution >= 4 is 11.6 Å². The molecule has 1 fully saturated rings. The Kier molecular flexibility index (Phi) is 4.44. The van der Waals surface area contributed by atoms with Crippen molar-refractivity contribution in [1.82, 2.24) is 10.2 Å². The van der Waals surface area contributed by atoms with Crippen molar-refractivity contribution in [3.05, 3.63) is 29.8 Å². The molecule has 0 spiro atoms. The summed E-state index contributed by atoms with van der Waals surface area (Å²) in [4.78, 5) is 14.0. The molecule has 2 N–H and O–H groups in total. The van der Waals surface area contributed by atoms with E-state index in [1.165, 1.54) is 6.07 Å². The predicted molar refractivity (Wildman–Crippen MR) is 68.9 cm³/mol. The van der Waals surface area contributed by atoms with E-state index in [0.29, 0.717) is 0 Å². The Balaban J connectivity index is 1.99. The van der Waals surface area contributed by atoms with Crippen LogP contribution >= 0.6 is 0 Å². The van der Waals surface area contributed by atoms with Gasteiger partial charge >= 0.3 is 0 Å². The second-order valence-corrected chi connectivity index (χ2v) is 4.58. The second-order valence-electron chi connectivity index (χ2n) is 4.58. The molecule has 1 unspecified atom stereocenters. The first-order valence-corrected chi connectivity index (χ1v) is 6.28. The number of halogens is 2. The molecule has 1 saturated heterocycles. The Labute approximate surface area is 110 Å². The van der Waals surface area contributed by atoms with Gasteiger partial charge in [-0.2, -0.15) is 0 Å². The Morgan fingerprint density at radius 1 is 1.37 bits per heavy atom. The lowest BCUT2D eigenvalue weighted by Gasteiger charge is -2.31.